The molecule has 2 aromatic rings. The molecule has 1 aliphatic heterocycles. The Balaban J connectivity index is 1.66. The molecule has 1 aromatic carbocycles. The van der Waals surface area contributed by atoms with E-state index >= 15 is 0 Å². The Bertz CT molecular complexity index is 798. The van der Waals surface area contributed by atoms with E-state index in [0.29, 0.717) is 16.8 Å². The van der Waals surface area contributed by atoms with E-state index in [-0.39, 0.29) is 5.91 Å². The predicted octanol–water partition coefficient (Wildman–Crippen LogP) is 3.72. The van der Waals surface area contributed by atoms with Crippen molar-refractivity contribution < 1.29 is 9.53 Å². The van der Waals surface area contributed by atoms with Gasteiger partial charge in [-0.3, -0.25) is 10.1 Å². The molecule has 0 unspecified atom stereocenters. The molecule has 1 aromatic heterocycles. The lowest BCUT2D eigenvalue weighted by molar-refractivity contribution is -0.111. The molecule has 0 saturated carbocycles. The highest BCUT2D eigenvalue weighted by atomic mass is 35.5. The Morgan fingerprint density at radius 1 is 1.48 bits per heavy atom. The number of anilines is 1. The summed E-state index contributed by atoms with van der Waals surface area (Å²) in [4.78, 5) is 11.9. The summed E-state index contributed by atoms with van der Waals surface area (Å²) in [7, 11) is 0. The monoisotopic (exact) mass is 347 g/mol. The topological polar surface area (TPSA) is 64.1 Å². The Hall–Kier alpha value is -2.18. The number of halogens is 1. The van der Waals surface area contributed by atoms with Gasteiger partial charge in [0.2, 0.25) is 11.0 Å². The second-order valence-electron chi connectivity index (χ2n) is 4.87. The van der Waals surface area contributed by atoms with E-state index in [1.165, 1.54) is 17.4 Å². The lowest BCUT2D eigenvalue weighted by atomic mass is 10.1. The van der Waals surface area contributed by atoms with Crippen molar-refractivity contribution in [3.05, 3.63) is 51.5 Å². The Labute approximate surface area is 142 Å². The maximum Gasteiger partial charge on any atom is 0.250 e. The first-order valence-electron chi connectivity index (χ1n) is 7.08. The number of carbonyl (C=O) groups excluding carboxylic acids is 1. The van der Waals surface area contributed by atoms with Crippen LogP contribution in [0.4, 0.5) is 5.13 Å². The van der Waals surface area contributed by atoms with Gasteiger partial charge in [-0.05, 0) is 36.3 Å². The molecule has 7 heteroatoms. The van der Waals surface area contributed by atoms with Gasteiger partial charge < -0.3 is 4.74 Å². The molecular formula is C16H14ClN3O2S. The van der Waals surface area contributed by atoms with E-state index < -0.39 is 0 Å². The highest BCUT2D eigenvalue weighted by Crippen LogP contribution is 2.29. The van der Waals surface area contributed by atoms with Gasteiger partial charge in [-0.1, -0.05) is 35.9 Å². The van der Waals surface area contributed by atoms with Crippen LogP contribution in [-0.2, 0) is 11.2 Å². The highest BCUT2D eigenvalue weighted by Gasteiger charge is 2.10. The quantitative estimate of drug-likeness (QED) is 0.856. The summed E-state index contributed by atoms with van der Waals surface area (Å²) in [5, 5.41) is 12.6. The molecule has 1 N–H and O–H groups in total. The second-order valence-corrected chi connectivity index (χ2v) is 6.37. The fraction of sp³-hybridized carbons (Fsp3) is 0.188. The van der Waals surface area contributed by atoms with Crippen LogP contribution in [0.2, 0.25) is 5.02 Å². The summed E-state index contributed by atoms with van der Waals surface area (Å²) in [5.74, 6) is 0.540. The first-order chi connectivity index (χ1) is 11.1. The van der Waals surface area contributed by atoms with Crippen molar-refractivity contribution in [3.8, 4) is 5.75 Å². The molecule has 0 fully saturated rings. The molecular weight excluding hydrogens is 334 g/mol. The zero-order chi connectivity index (χ0) is 16.2. The smallest absolute Gasteiger partial charge is 0.250 e. The summed E-state index contributed by atoms with van der Waals surface area (Å²) in [6.45, 7) is 2.41. The normalized spacial score (nSPS) is 13.4. The van der Waals surface area contributed by atoms with Gasteiger partial charge in [0.1, 0.15) is 17.4 Å². The fourth-order valence-corrected chi connectivity index (χ4v) is 2.90. The Kier molecular flexibility index (Phi) is 4.73. The van der Waals surface area contributed by atoms with Gasteiger partial charge in [-0.2, -0.15) is 0 Å². The molecule has 5 nitrogen and oxygen atoms in total. The number of benzene rings is 1. The van der Waals surface area contributed by atoms with Gasteiger partial charge in [-0.25, -0.2) is 0 Å². The van der Waals surface area contributed by atoms with Gasteiger partial charge in [0, 0.05) is 16.7 Å². The molecule has 0 bridgehead atoms. The SMILES string of the molecule is CCc1nnc(NC(=O)/C=C/C2=Cc3cc(Cl)ccc3OC2)s1. The minimum atomic E-state index is -0.249. The van der Waals surface area contributed by atoms with Gasteiger partial charge in [0.25, 0.3) is 0 Å². The molecule has 1 amide bonds. The summed E-state index contributed by atoms with van der Waals surface area (Å²) >= 11 is 7.35. The first-order valence-corrected chi connectivity index (χ1v) is 8.28. The predicted molar refractivity (Wildman–Crippen MR) is 92.0 cm³/mol. The third-order valence-electron chi connectivity index (χ3n) is 3.16. The number of hydrogen-bond donors (Lipinski definition) is 1. The number of nitrogens with one attached hydrogen (secondary N) is 1. The van der Waals surface area contributed by atoms with Crippen LogP contribution in [0.25, 0.3) is 6.08 Å². The van der Waals surface area contributed by atoms with Gasteiger partial charge in [0.05, 0.1) is 0 Å². The van der Waals surface area contributed by atoms with Crippen LogP contribution in [0.15, 0.2) is 35.9 Å². The number of hydrogen-bond acceptors (Lipinski definition) is 5. The molecule has 1 aliphatic rings. The molecule has 0 spiro atoms. The number of nitrogens with zero attached hydrogens (tertiary/aromatic N) is 2. The minimum Gasteiger partial charge on any atom is -0.488 e. The van der Waals surface area contributed by atoms with Gasteiger partial charge >= 0.3 is 0 Å². The fourth-order valence-electron chi connectivity index (χ4n) is 2.04. The third-order valence-corrected chi connectivity index (χ3v) is 4.37. The van der Waals surface area contributed by atoms with Crippen molar-refractivity contribution in [1.82, 2.24) is 10.2 Å². The number of aromatic nitrogens is 2. The van der Waals surface area contributed by atoms with Crippen molar-refractivity contribution in [2.75, 3.05) is 11.9 Å². The van der Waals surface area contributed by atoms with Crippen LogP contribution in [0.3, 0.4) is 0 Å². The van der Waals surface area contributed by atoms with Crippen molar-refractivity contribution in [2.45, 2.75) is 13.3 Å². The maximum absolute atomic E-state index is 11.9. The van der Waals surface area contributed by atoms with Crippen molar-refractivity contribution in [1.29, 1.82) is 0 Å². The lowest BCUT2D eigenvalue weighted by Gasteiger charge is -2.16. The molecule has 118 valence electrons. The Morgan fingerprint density at radius 3 is 3.13 bits per heavy atom. The van der Waals surface area contributed by atoms with Crippen molar-refractivity contribution in [2.24, 2.45) is 0 Å². The van der Waals surface area contributed by atoms with Crippen LogP contribution in [-0.4, -0.2) is 22.7 Å². The molecule has 0 atom stereocenters. The number of carbonyl (C=O) groups is 1. The van der Waals surface area contributed by atoms with Crippen molar-refractivity contribution >= 4 is 40.1 Å². The molecule has 23 heavy (non-hydrogen) atoms. The zero-order valence-electron chi connectivity index (χ0n) is 12.4. The van der Waals surface area contributed by atoms with Gasteiger partial charge in [-0.15, -0.1) is 10.2 Å². The minimum absolute atomic E-state index is 0.249. The van der Waals surface area contributed by atoms with E-state index in [1.807, 2.05) is 25.1 Å². The lowest BCUT2D eigenvalue weighted by Crippen LogP contribution is -2.09. The standard InChI is InChI=1S/C16H14ClN3O2S/c1-2-15-19-20-16(23-15)18-14(21)6-3-10-7-11-8-12(17)4-5-13(11)22-9-10/h3-8H,2,9H2,1H3,(H,18,20,21)/b6-3+. The number of ether oxygens (including phenoxy) is 1. The highest BCUT2D eigenvalue weighted by molar-refractivity contribution is 7.15. The summed E-state index contributed by atoms with van der Waals surface area (Å²) in [5.41, 5.74) is 1.79. The van der Waals surface area contributed by atoms with E-state index in [0.717, 1.165) is 28.3 Å². The number of fused-ring (bicyclic) bond motifs is 1. The van der Waals surface area contributed by atoms with Crippen LogP contribution in [0.5, 0.6) is 5.75 Å². The van der Waals surface area contributed by atoms with Crippen LogP contribution >= 0.6 is 22.9 Å². The Morgan fingerprint density at radius 2 is 2.35 bits per heavy atom. The van der Waals surface area contributed by atoms with Crippen LogP contribution in [0.1, 0.15) is 17.5 Å². The largest absolute Gasteiger partial charge is 0.488 e. The zero-order valence-corrected chi connectivity index (χ0v) is 13.9. The van der Waals surface area contributed by atoms with Crippen LogP contribution in [0, 0.1) is 0 Å². The van der Waals surface area contributed by atoms with E-state index in [4.69, 9.17) is 16.3 Å². The van der Waals surface area contributed by atoms with Crippen LogP contribution < -0.4 is 10.1 Å². The average Bonchev–Trinajstić information content (AvgIpc) is 3.00. The van der Waals surface area contributed by atoms with E-state index in [9.17, 15) is 4.79 Å². The average molecular weight is 348 g/mol. The summed E-state index contributed by atoms with van der Waals surface area (Å²) in [6, 6.07) is 5.45. The third kappa shape index (κ3) is 3.97. The molecule has 0 radical (unpaired) electrons. The van der Waals surface area contributed by atoms with Gasteiger partial charge in [0.15, 0.2) is 0 Å². The number of aryl methyl sites for hydroxylation is 1. The summed E-state index contributed by atoms with van der Waals surface area (Å²) in [6.07, 6.45) is 5.93. The number of rotatable bonds is 4. The first kappa shape index (κ1) is 15.7. The van der Waals surface area contributed by atoms with Crippen molar-refractivity contribution in [3.63, 3.8) is 0 Å². The molecule has 0 saturated heterocycles. The second kappa shape index (κ2) is 6.93. The molecule has 0 aliphatic carbocycles. The molecule has 2 heterocycles. The molecule has 3 rings (SSSR count). The van der Waals surface area contributed by atoms with E-state index in [2.05, 4.69) is 15.5 Å². The van der Waals surface area contributed by atoms with E-state index in [1.54, 1.807) is 12.1 Å². The number of amides is 1. The maximum atomic E-state index is 11.9. The summed E-state index contributed by atoms with van der Waals surface area (Å²) < 4.78 is 5.63.